The number of para-hydroxylation sites is 1. The summed E-state index contributed by atoms with van der Waals surface area (Å²) in [4.78, 5) is 23.9. The first kappa shape index (κ1) is 11.5. The number of rotatable bonds is 0. The van der Waals surface area contributed by atoms with Gasteiger partial charge in [-0.25, -0.2) is 4.79 Å². The number of ether oxygens (including phenoxy) is 2. The fourth-order valence-corrected chi connectivity index (χ4v) is 3.16. The molecule has 4 rings (SSSR count). The summed E-state index contributed by atoms with van der Waals surface area (Å²) >= 11 is 0. The first-order valence-electron chi connectivity index (χ1n) is 6.42. The zero-order chi connectivity index (χ0) is 14.1. The van der Waals surface area contributed by atoms with E-state index in [1.165, 1.54) is 0 Å². The molecule has 5 heteroatoms. The molecule has 0 aliphatic carbocycles. The Balaban J connectivity index is 2.12. The Bertz CT molecular complexity index is 821. The van der Waals surface area contributed by atoms with E-state index < -0.39 is 16.8 Å². The lowest BCUT2D eigenvalue weighted by molar-refractivity contribution is -0.177. The highest BCUT2D eigenvalue weighted by Gasteiger charge is 2.65. The number of hydrogen-bond donors (Lipinski definition) is 0. The third-order valence-corrected chi connectivity index (χ3v) is 4.42. The van der Waals surface area contributed by atoms with Crippen LogP contribution >= 0.6 is 0 Å². The van der Waals surface area contributed by atoms with Crippen LogP contribution in [0.2, 0.25) is 0 Å². The maximum absolute atomic E-state index is 12.3. The Labute approximate surface area is 114 Å². The highest BCUT2D eigenvalue weighted by Crippen LogP contribution is 2.55. The van der Waals surface area contributed by atoms with E-state index in [-0.39, 0.29) is 12.4 Å². The van der Waals surface area contributed by atoms with Crippen molar-refractivity contribution < 1.29 is 18.7 Å². The van der Waals surface area contributed by atoms with Crippen LogP contribution in [0.15, 0.2) is 33.5 Å². The molecule has 0 bridgehead atoms. The zero-order valence-corrected chi connectivity index (χ0v) is 11.1. The molecule has 0 amide bonds. The van der Waals surface area contributed by atoms with Crippen LogP contribution in [0, 0.1) is 0 Å². The van der Waals surface area contributed by atoms with Gasteiger partial charge in [0.25, 0.3) is 5.79 Å². The van der Waals surface area contributed by atoms with Gasteiger partial charge < -0.3 is 13.9 Å². The third kappa shape index (κ3) is 1.13. The van der Waals surface area contributed by atoms with Crippen molar-refractivity contribution in [3.05, 3.63) is 40.2 Å². The molecule has 20 heavy (non-hydrogen) atoms. The Morgan fingerprint density at radius 3 is 2.65 bits per heavy atom. The number of carbonyl (C=O) groups excluding carboxylic acids is 1. The topological polar surface area (TPSA) is 65.7 Å². The lowest BCUT2D eigenvalue weighted by Crippen LogP contribution is -2.44. The average molecular weight is 272 g/mol. The number of carbonyl (C=O) groups is 1. The van der Waals surface area contributed by atoms with E-state index in [9.17, 15) is 9.59 Å². The van der Waals surface area contributed by atoms with Gasteiger partial charge in [0, 0.05) is 6.92 Å². The van der Waals surface area contributed by atoms with Crippen molar-refractivity contribution in [1.29, 1.82) is 0 Å². The molecule has 3 heterocycles. The summed E-state index contributed by atoms with van der Waals surface area (Å²) in [5, 5.41) is 0.718. The van der Waals surface area contributed by atoms with E-state index in [0.29, 0.717) is 16.9 Å². The maximum atomic E-state index is 12.3. The predicted molar refractivity (Wildman–Crippen MR) is 69.6 cm³/mol. The largest absolute Gasteiger partial charge is 0.450 e. The summed E-state index contributed by atoms with van der Waals surface area (Å²) in [7, 11) is 0. The van der Waals surface area contributed by atoms with Crippen LogP contribution in [0.4, 0.5) is 0 Å². The van der Waals surface area contributed by atoms with E-state index in [2.05, 4.69) is 0 Å². The molecule has 1 saturated heterocycles. The summed E-state index contributed by atoms with van der Waals surface area (Å²) < 4.78 is 16.6. The monoisotopic (exact) mass is 272 g/mol. The molecule has 2 aromatic rings. The minimum absolute atomic E-state index is 0.111. The Morgan fingerprint density at radius 2 is 1.85 bits per heavy atom. The highest BCUT2D eigenvalue weighted by atomic mass is 16.7. The van der Waals surface area contributed by atoms with E-state index in [1.807, 2.05) is 12.1 Å². The molecule has 0 spiro atoms. The lowest BCUT2D eigenvalue weighted by atomic mass is 9.77. The van der Waals surface area contributed by atoms with Gasteiger partial charge in [-0.05, 0) is 19.1 Å². The maximum Gasteiger partial charge on any atom is 0.344 e. The molecule has 0 N–H and O–H groups in total. The molecular formula is C15H12O5. The SMILES string of the molecule is C[C@@]12OC(=O)C[C@]1(C)c1c(c3ccccc3oc1=O)O2. The quantitative estimate of drug-likeness (QED) is 0.543. The van der Waals surface area contributed by atoms with Crippen molar-refractivity contribution in [3.8, 4) is 5.75 Å². The number of esters is 1. The summed E-state index contributed by atoms with van der Waals surface area (Å²) in [5.41, 5.74) is -0.424. The number of benzene rings is 1. The van der Waals surface area contributed by atoms with Crippen LogP contribution < -0.4 is 10.4 Å². The Kier molecular flexibility index (Phi) is 1.86. The Morgan fingerprint density at radius 1 is 1.10 bits per heavy atom. The van der Waals surface area contributed by atoms with Crippen molar-refractivity contribution >= 4 is 16.9 Å². The van der Waals surface area contributed by atoms with Crippen LogP contribution in [-0.4, -0.2) is 11.8 Å². The molecule has 0 radical (unpaired) electrons. The summed E-state index contributed by atoms with van der Waals surface area (Å²) in [6, 6.07) is 7.17. The minimum Gasteiger partial charge on any atom is -0.450 e. The van der Waals surface area contributed by atoms with Gasteiger partial charge in [-0.1, -0.05) is 12.1 Å². The fourth-order valence-electron chi connectivity index (χ4n) is 3.16. The number of hydrogen-bond acceptors (Lipinski definition) is 5. The van der Waals surface area contributed by atoms with Crippen molar-refractivity contribution in [2.24, 2.45) is 0 Å². The van der Waals surface area contributed by atoms with Gasteiger partial charge in [0.2, 0.25) is 0 Å². The second kappa shape index (κ2) is 3.23. The van der Waals surface area contributed by atoms with Crippen molar-refractivity contribution in [2.45, 2.75) is 31.5 Å². The van der Waals surface area contributed by atoms with Gasteiger partial charge in [-0.2, -0.15) is 0 Å². The minimum atomic E-state index is -1.15. The second-order valence-corrected chi connectivity index (χ2v) is 5.62. The van der Waals surface area contributed by atoms with Crippen LogP contribution in [0.5, 0.6) is 5.75 Å². The second-order valence-electron chi connectivity index (χ2n) is 5.62. The Hall–Kier alpha value is -2.30. The first-order chi connectivity index (χ1) is 9.45. The van der Waals surface area contributed by atoms with E-state index in [1.54, 1.807) is 26.0 Å². The van der Waals surface area contributed by atoms with Gasteiger partial charge in [-0.3, -0.25) is 4.79 Å². The van der Waals surface area contributed by atoms with Crippen molar-refractivity contribution in [1.82, 2.24) is 0 Å². The summed E-state index contributed by atoms with van der Waals surface area (Å²) in [6.07, 6.45) is 0.111. The van der Waals surface area contributed by atoms with E-state index >= 15 is 0 Å². The van der Waals surface area contributed by atoms with Crippen LogP contribution in [0.25, 0.3) is 11.0 Å². The molecule has 1 aromatic heterocycles. The molecule has 5 nitrogen and oxygen atoms in total. The van der Waals surface area contributed by atoms with Crippen LogP contribution in [-0.2, 0) is 14.9 Å². The first-order valence-corrected chi connectivity index (χ1v) is 6.42. The van der Waals surface area contributed by atoms with Crippen molar-refractivity contribution in [2.75, 3.05) is 0 Å². The normalized spacial score (nSPS) is 30.8. The molecule has 2 aliphatic heterocycles. The molecule has 2 atom stereocenters. The fraction of sp³-hybridized carbons (Fsp3) is 0.333. The van der Waals surface area contributed by atoms with E-state index in [4.69, 9.17) is 13.9 Å². The molecular weight excluding hydrogens is 260 g/mol. The van der Waals surface area contributed by atoms with Gasteiger partial charge in [0.05, 0.1) is 22.8 Å². The van der Waals surface area contributed by atoms with E-state index in [0.717, 1.165) is 5.39 Å². The van der Waals surface area contributed by atoms with Crippen LogP contribution in [0.1, 0.15) is 25.8 Å². The van der Waals surface area contributed by atoms with Crippen molar-refractivity contribution in [3.63, 3.8) is 0 Å². The standard InChI is InChI=1S/C15H12O5/c1-14-7-10(16)19-15(14,2)20-12-8-5-3-4-6-9(8)18-13(17)11(12)14/h3-6H,7H2,1-2H3/t14-,15+/m1/s1. The summed E-state index contributed by atoms with van der Waals surface area (Å²) in [5.74, 6) is -1.05. The van der Waals surface area contributed by atoms with Gasteiger partial charge in [0.15, 0.2) is 0 Å². The lowest BCUT2D eigenvalue weighted by Gasteiger charge is -2.28. The summed E-state index contributed by atoms with van der Waals surface area (Å²) in [6.45, 7) is 3.49. The number of fused-ring (bicyclic) bond motifs is 5. The van der Waals surface area contributed by atoms with Gasteiger partial charge in [-0.15, -0.1) is 0 Å². The molecule has 1 fully saturated rings. The third-order valence-electron chi connectivity index (χ3n) is 4.42. The molecule has 0 saturated carbocycles. The van der Waals surface area contributed by atoms with Crippen LogP contribution in [0.3, 0.4) is 0 Å². The molecule has 2 aliphatic rings. The molecule has 0 unspecified atom stereocenters. The molecule has 102 valence electrons. The average Bonchev–Trinajstić information content (AvgIpc) is 2.71. The smallest absolute Gasteiger partial charge is 0.344 e. The predicted octanol–water partition coefficient (Wildman–Crippen LogP) is 2.11. The highest BCUT2D eigenvalue weighted by molar-refractivity contribution is 5.87. The van der Waals surface area contributed by atoms with Gasteiger partial charge in [0.1, 0.15) is 11.3 Å². The zero-order valence-electron chi connectivity index (χ0n) is 11.1. The van der Waals surface area contributed by atoms with Gasteiger partial charge >= 0.3 is 11.6 Å². The molecule has 1 aromatic carbocycles.